The van der Waals surface area contributed by atoms with Gasteiger partial charge in [0.25, 0.3) is 0 Å². The minimum Gasteiger partial charge on any atom is -0.496 e. The lowest BCUT2D eigenvalue weighted by molar-refractivity contribution is 0.363. The molecule has 1 atom stereocenters. The molecule has 0 spiro atoms. The van der Waals surface area contributed by atoms with Gasteiger partial charge in [0.15, 0.2) is 0 Å². The summed E-state index contributed by atoms with van der Waals surface area (Å²) in [5, 5.41) is 3.50. The van der Waals surface area contributed by atoms with Crippen molar-refractivity contribution >= 4 is 11.8 Å². The molecule has 1 unspecified atom stereocenters. The van der Waals surface area contributed by atoms with Gasteiger partial charge in [-0.2, -0.15) is 0 Å². The van der Waals surface area contributed by atoms with Crippen LogP contribution in [0.15, 0.2) is 17.0 Å². The summed E-state index contributed by atoms with van der Waals surface area (Å²) in [6.45, 7) is 4.53. The lowest BCUT2D eigenvalue weighted by atomic mass is 9.91. The van der Waals surface area contributed by atoms with Gasteiger partial charge in [0.2, 0.25) is 0 Å². The van der Waals surface area contributed by atoms with E-state index >= 15 is 0 Å². The van der Waals surface area contributed by atoms with E-state index in [1.165, 1.54) is 35.4 Å². The first kappa shape index (κ1) is 14.7. The first-order chi connectivity index (χ1) is 9.28. The fourth-order valence-electron chi connectivity index (χ4n) is 2.87. The number of hydrogen-bond acceptors (Lipinski definition) is 3. The molecule has 0 aliphatic carbocycles. The zero-order valence-corrected chi connectivity index (χ0v) is 13.1. The average molecular weight is 279 g/mol. The zero-order valence-electron chi connectivity index (χ0n) is 12.3. The molecular formula is C16H25NOS. The summed E-state index contributed by atoms with van der Waals surface area (Å²) < 4.78 is 5.60. The van der Waals surface area contributed by atoms with Gasteiger partial charge in [-0.1, -0.05) is 6.92 Å². The number of ether oxygens (including phenoxy) is 1. The van der Waals surface area contributed by atoms with Crippen molar-refractivity contribution in [1.82, 2.24) is 5.32 Å². The Bertz CT molecular complexity index is 413. The number of piperidine rings is 1. The highest BCUT2D eigenvalue weighted by Gasteiger charge is 2.17. The quantitative estimate of drug-likeness (QED) is 0.833. The van der Waals surface area contributed by atoms with E-state index in [2.05, 4.69) is 30.6 Å². The maximum Gasteiger partial charge on any atom is 0.122 e. The molecule has 0 saturated carbocycles. The molecule has 1 aliphatic rings. The van der Waals surface area contributed by atoms with E-state index in [-0.39, 0.29) is 0 Å². The van der Waals surface area contributed by atoms with E-state index in [1.54, 1.807) is 7.11 Å². The van der Waals surface area contributed by atoms with Crippen molar-refractivity contribution in [2.75, 3.05) is 26.5 Å². The highest BCUT2D eigenvalue weighted by atomic mass is 32.2. The number of benzene rings is 1. The molecule has 19 heavy (non-hydrogen) atoms. The fraction of sp³-hybridized carbons (Fsp3) is 0.625. The Morgan fingerprint density at radius 1 is 1.37 bits per heavy atom. The van der Waals surface area contributed by atoms with Crippen molar-refractivity contribution in [2.45, 2.75) is 37.5 Å². The second kappa shape index (κ2) is 7.20. The molecule has 1 fully saturated rings. The number of nitrogens with one attached hydrogen (secondary N) is 1. The van der Waals surface area contributed by atoms with Crippen molar-refractivity contribution in [3.05, 3.63) is 23.3 Å². The van der Waals surface area contributed by atoms with Gasteiger partial charge in [0.05, 0.1) is 7.11 Å². The van der Waals surface area contributed by atoms with E-state index in [1.807, 2.05) is 11.8 Å². The van der Waals surface area contributed by atoms with Crippen LogP contribution >= 0.6 is 11.8 Å². The summed E-state index contributed by atoms with van der Waals surface area (Å²) in [4.78, 5) is 1.40. The van der Waals surface area contributed by atoms with Crippen LogP contribution in [0.5, 0.6) is 5.75 Å². The largest absolute Gasteiger partial charge is 0.496 e. The molecule has 1 aromatic rings. The van der Waals surface area contributed by atoms with Crippen molar-refractivity contribution in [3.8, 4) is 5.75 Å². The molecule has 0 bridgehead atoms. The molecule has 2 rings (SSSR count). The maximum atomic E-state index is 5.60. The van der Waals surface area contributed by atoms with Crippen LogP contribution in [0.3, 0.4) is 0 Å². The van der Waals surface area contributed by atoms with Crippen LogP contribution in [-0.4, -0.2) is 26.5 Å². The Morgan fingerprint density at radius 2 is 2.21 bits per heavy atom. The minimum absolute atomic E-state index is 0.754. The van der Waals surface area contributed by atoms with Gasteiger partial charge in [-0.15, -0.1) is 11.8 Å². The molecule has 106 valence electrons. The monoisotopic (exact) mass is 279 g/mol. The van der Waals surface area contributed by atoms with E-state index in [9.17, 15) is 0 Å². The summed E-state index contributed by atoms with van der Waals surface area (Å²) in [7, 11) is 1.79. The Hall–Kier alpha value is -0.670. The molecule has 1 aliphatic heterocycles. The summed E-state index contributed by atoms with van der Waals surface area (Å²) in [5.74, 6) is 1.82. The van der Waals surface area contributed by atoms with Gasteiger partial charge in [0, 0.05) is 4.90 Å². The van der Waals surface area contributed by atoms with Crippen LogP contribution in [0.2, 0.25) is 0 Å². The van der Waals surface area contributed by atoms with Gasteiger partial charge < -0.3 is 10.1 Å². The van der Waals surface area contributed by atoms with Crippen LogP contribution in [0.1, 0.15) is 30.9 Å². The Kier molecular flexibility index (Phi) is 5.59. The van der Waals surface area contributed by atoms with Gasteiger partial charge in [-0.25, -0.2) is 0 Å². The van der Waals surface area contributed by atoms with Gasteiger partial charge >= 0.3 is 0 Å². The number of aryl methyl sites for hydroxylation is 1. The van der Waals surface area contributed by atoms with Crippen molar-refractivity contribution in [3.63, 3.8) is 0 Å². The van der Waals surface area contributed by atoms with Gasteiger partial charge in [0.1, 0.15) is 5.75 Å². The molecule has 0 amide bonds. The van der Waals surface area contributed by atoms with E-state index in [0.29, 0.717) is 0 Å². The molecule has 0 aromatic heterocycles. The smallest absolute Gasteiger partial charge is 0.122 e. The van der Waals surface area contributed by atoms with Crippen LogP contribution in [0.4, 0.5) is 0 Å². The molecule has 1 aromatic carbocycles. The number of methoxy groups -OCH3 is 1. The van der Waals surface area contributed by atoms with E-state index in [4.69, 9.17) is 4.74 Å². The van der Waals surface area contributed by atoms with Gasteiger partial charge in [-0.3, -0.25) is 0 Å². The second-order valence-corrected chi connectivity index (χ2v) is 6.09. The molecule has 1 N–H and O–H groups in total. The van der Waals surface area contributed by atoms with Crippen molar-refractivity contribution in [1.29, 1.82) is 0 Å². The summed E-state index contributed by atoms with van der Waals surface area (Å²) in [5.41, 5.74) is 2.77. The zero-order chi connectivity index (χ0) is 13.7. The highest BCUT2D eigenvalue weighted by molar-refractivity contribution is 7.98. The second-order valence-electron chi connectivity index (χ2n) is 5.25. The van der Waals surface area contributed by atoms with Crippen molar-refractivity contribution < 1.29 is 4.74 Å². The van der Waals surface area contributed by atoms with E-state index in [0.717, 1.165) is 31.1 Å². The lowest BCUT2D eigenvalue weighted by Crippen LogP contribution is -2.30. The van der Waals surface area contributed by atoms with Crippen molar-refractivity contribution in [2.24, 2.45) is 5.92 Å². The van der Waals surface area contributed by atoms with Crippen LogP contribution in [0.25, 0.3) is 0 Å². The van der Waals surface area contributed by atoms with Gasteiger partial charge in [-0.05, 0) is 74.2 Å². The summed E-state index contributed by atoms with van der Waals surface area (Å²) >= 11 is 1.84. The Balaban J connectivity index is 2.21. The fourth-order valence-corrected chi connectivity index (χ4v) is 3.59. The third-order valence-electron chi connectivity index (χ3n) is 3.97. The number of hydrogen-bond donors (Lipinski definition) is 1. The molecule has 2 nitrogen and oxygen atoms in total. The first-order valence-electron chi connectivity index (χ1n) is 7.23. The lowest BCUT2D eigenvalue weighted by Gasteiger charge is -2.24. The maximum absolute atomic E-state index is 5.60. The normalized spacial score (nSPS) is 19.4. The molecule has 1 saturated heterocycles. The first-order valence-corrected chi connectivity index (χ1v) is 8.45. The van der Waals surface area contributed by atoms with Crippen LogP contribution < -0.4 is 10.1 Å². The minimum atomic E-state index is 0.754. The van der Waals surface area contributed by atoms with Crippen LogP contribution in [-0.2, 0) is 12.8 Å². The molecule has 0 radical (unpaired) electrons. The average Bonchev–Trinajstić information content (AvgIpc) is 2.47. The van der Waals surface area contributed by atoms with E-state index < -0.39 is 0 Å². The van der Waals surface area contributed by atoms with Crippen LogP contribution in [0, 0.1) is 5.92 Å². The third kappa shape index (κ3) is 3.67. The summed E-state index contributed by atoms with van der Waals surface area (Å²) in [6, 6.07) is 4.58. The highest BCUT2D eigenvalue weighted by Crippen LogP contribution is 2.32. The third-order valence-corrected chi connectivity index (χ3v) is 4.79. The summed E-state index contributed by atoms with van der Waals surface area (Å²) in [6.07, 6.45) is 6.99. The molecule has 3 heteroatoms. The Labute approximate surface area is 121 Å². The number of thioether (sulfide) groups is 1. The molecule has 1 heterocycles. The predicted octanol–water partition coefficient (Wildman–Crippen LogP) is 3.52. The standard InChI is InChI=1S/C16H25NOS/c1-4-13-9-15(18-2)14(10-16(13)19-3)8-12-6-5-7-17-11-12/h9-10,12,17H,4-8,11H2,1-3H3. The topological polar surface area (TPSA) is 21.3 Å². The number of rotatable bonds is 5. The Morgan fingerprint density at radius 3 is 2.79 bits per heavy atom. The predicted molar refractivity (Wildman–Crippen MR) is 83.5 cm³/mol. The molecular weight excluding hydrogens is 254 g/mol. The SMILES string of the molecule is CCc1cc(OC)c(CC2CCCNC2)cc1SC.